The molecule has 0 fully saturated rings. The van der Waals surface area contributed by atoms with Crippen LogP contribution in [0.3, 0.4) is 0 Å². The Hall–Kier alpha value is -2.38. The maximum Gasteiger partial charge on any atom is 0.262 e. The minimum atomic E-state index is -3.90. The third-order valence-electron chi connectivity index (χ3n) is 2.58. The molecule has 0 saturated carbocycles. The van der Waals surface area contributed by atoms with Crippen LogP contribution in [0, 0.1) is 0 Å². The summed E-state index contributed by atoms with van der Waals surface area (Å²) in [4.78, 5) is 11.7. The highest BCUT2D eigenvalue weighted by molar-refractivity contribution is 7.89. The molecule has 2 aromatic rings. The summed E-state index contributed by atoms with van der Waals surface area (Å²) in [6, 6.07) is 14.7. The molecule has 2 rings (SSSR count). The number of carbonyl (C=O) groups is 1. The molecule has 0 heterocycles. The van der Waals surface area contributed by atoms with Gasteiger partial charge in [-0.25, -0.2) is 13.6 Å². The zero-order valence-corrected chi connectivity index (χ0v) is 11.8. The lowest BCUT2D eigenvalue weighted by atomic mass is 10.3. The highest BCUT2D eigenvalue weighted by Crippen LogP contribution is 2.19. The van der Waals surface area contributed by atoms with Gasteiger partial charge in [-0.2, -0.15) is 0 Å². The zero-order valence-electron chi connectivity index (χ0n) is 11.0. The van der Waals surface area contributed by atoms with Gasteiger partial charge in [0.25, 0.3) is 5.91 Å². The molecule has 0 aliphatic heterocycles. The van der Waals surface area contributed by atoms with E-state index in [0.29, 0.717) is 5.75 Å². The number of ether oxygens (including phenoxy) is 1. The predicted octanol–water partition coefficient (Wildman–Crippen LogP) is 1.35. The van der Waals surface area contributed by atoms with E-state index in [-0.39, 0.29) is 17.2 Å². The van der Waals surface area contributed by atoms with Crippen LogP contribution >= 0.6 is 0 Å². The highest BCUT2D eigenvalue weighted by Gasteiger charge is 2.15. The lowest BCUT2D eigenvalue weighted by Gasteiger charge is -2.10. The number of hydrogen-bond acceptors (Lipinski definition) is 4. The first-order chi connectivity index (χ1) is 9.97. The van der Waals surface area contributed by atoms with Crippen LogP contribution in [0.15, 0.2) is 59.5 Å². The maximum atomic E-state index is 11.8. The van der Waals surface area contributed by atoms with Crippen LogP contribution in [-0.2, 0) is 14.8 Å². The van der Waals surface area contributed by atoms with Gasteiger partial charge in [-0.1, -0.05) is 30.3 Å². The second-order valence-electron chi connectivity index (χ2n) is 4.19. The van der Waals surface area contributed by atoms with Crippen molar-refractivity contribution in [1.29, 1.82) is 0 Å². The molecule has 1 amide bonds. The quantitative estimate of drug-likeness (QED) is 0.871. The molecule has 0 saturated heterocycles. The Bertz CT molecular complexity index is 730. The van der Waals surface area contributed by atoms with Gasteiger partial charge in [-0.3, -0.25) is 4.79 Å². The van der Waals surface area contributed by atoms with Crippen molar-refractivity contribution in [3.63, 3.8) is 0 Å². The average Bonchev–Trinajstić information content (AvgIpc) is 2.46. The fraction of sp³-hybridized carbons (Fsp3) is 0.0714. The summed E-state index contributed by atoms with van der Waals surface area (Å²) >= 11 is 0. The average molecular weight is 306 g/mol. The lowest BCUT2D eigenvalue weighted by molar-refractivity contribution is -0.118. The molecular formula is C14H14N2O4S. The monoisotopic (exact) mass is 306 g/mol. The van der Waals surface area contributed by atoms with E-state index in [2.05, 4.69) is 5.32 Å². The van der Waals surface area contributed by atoms with Crippen molar-refractivity contribution in [3.05, 3.63) is 54.6 Å². The van der Waals surface area contributed by atoms with Crippen molar-refractivity contribution in [1.82, 2.24) is 0 Å². The smallest absolute Gasteiger partial charge is 0.262 e. The summed E-state index contributed by atoms with van der Waals surface area (Å²) < 4.78 is 28.1. The molecule has 21 heavy (non-hydrogen) atoms. The van der Waals surface area contributed by atoms with Crippen LogP contribution in [0.4, 0.5) is 5.69 Å². The number of nitrogens with two attached hydrogens (primary N) is 1. The molecule has 0 aromatic heterocycles. The second-order valence-corrected chi connectivity index (χ2v) is 5.72. The largest absolute Gasteiger partial charge is 0.484 e. The Morgan fingerprint density at radius 2 is 1.67 bits per heavy atom. The number of nitrogens with one attached hydrogen (secondary N) is 1. The Balaban J connectivity index is 2.04. The molecule has 110 valence electrons. The SMILES string of the molecule is NS(=O)(=O)c1ccccc1NC(=O)COc1ccccc1. The number of anilines is 1. The third-order valence-corrected chi connectivity index (χ3v) is 3.55. The summed E-state index contributed by atoms with van der Waals surface area (Å²) in [6.45, 7) is -0.233. The van der Waals surface area contributed by atoms with E-state index in [0.717, 1.165) is 0 Å². The van der Waals surface area contributed by atoms with E-state index in [4.69, 9.17) is 9.88 Å². The van der Waals surface area contributed by atoms with Crippen molar-refractivity contribution in [2.75, 3.05) is 11.9 Å². The number of primary sulfonamides is 1. The minimum Gasteiger partial charge on any atom is -0.484 e. The first-order valence-corrected chi connectivity index (χ1v) is 7.61. The van der Waals surface area contributed by atoms with Gasteiger partial charge in [0, 0.05) is 0 Å². The van der Waals surface area contributed by atoms with E-state index in [1.54, 1.807) is 30.3 Å². The van der Waals surface area contributed by atoms with Gasteiger partial charge in [0.2, 0.25) is 10.0 Å². The number of carbonyl (C=O) groups excluding carboxylic acids is 1. The molecule has 3 N–H and O–H groups in total. The van der Waals surface area contributed by atoms with Crippen molar-refractivity contribution in [2.45, 2.75) is 4.90 Å². The molecule has 0 atom stereocenters. The lowest BCUT2D eigenvalue weighted by Crippen LogP contribution is -2.22. The summed E-state index contributed by atoms with van der Waals surface area (Å²) in [5.41, 5.74) is 0.127. The molecule has 0 bridgehead atoms. The van der Waals surface area contributed by atoms with E-state index in [1.165, 1.54) is 18.2 Å². The minimum absolute atomic E-state index is 0.127. The number of rotatable bonds is 5. The van der Waals surface area contributed by atoms with Crippen LogP contribution in [0.1, 0.15) is 0 Å². The van der Waals surface area contributed by atoms with E-state index < -0.39 is 15.9 Å². The van der Waals surface area contributed by atoms with Crippen LogP contribution in [-0.4, -0.2) is 20.9 Å². The summed E-state index contributed by atoms with van der Waals surface area (Å²) in [5.74, 6) is 0.0716. The number of sulfonamides is 1. The van der Waals surface area contributed by atoms with Gasteiger partial charge in [-0.05, 0) is 24.3 Å². The van der Waals surface area contributed by atoms with Gasteiger partial charge in [-0.15, -0.1) is 0 Å². The van der Waals surface area contributed by atoms with Gasteiger partial charge >= 0.3 is 0 Å². The van der Waals surface area contributed by atoms with E-state index >= 15 is 0 Å². The highest BCUT2D eigenvalue weighted by atomic mass is 32.2. The molecule has 0 unspecified atom stereocenters. The Morgan fingerprint density at radius 3 is 2.33 bits per heavy atom. The van der Waals surface area contributed by atoms with Crippen molar-refractivity contribution < 1.29 is 17.9 Å². The fourth-order valence-corrected chi connectivity index (χ4v) is 2.36. The van der Waals surface area contributed by atoms with E-state index in [9.17, 15) is 13.2 Å². The van der Waals surface area contributed by atoms with Crippen LogP contribution in [0.2, 0.25) is 0 Å². The van der Waals surface area contributed by atoms with Crippen molar-refractivity contribution in [2.24, 2.45) is 5.14 Å². The predicted molar refractivity (Wildman–Crippen MR) is 78.4 cm³/mol. The molecule has 0 radical (unpaired) electrons. The Labute approximate surface area is 122 Å². The van der Waals surface area contributed by atoms with Crippen molar-refractivity contribution in [3.8, 4) is 5.75 Å². The summed E-state index contributed by atoms with van der Waals surface area (Å²) in [5, 5.41) is 7.55. The molecule has 0 aliphatic carbocycles. The normalized spacial score (nSPS) is 10.9. The van der Waals surface area contributed by atoms with Gasteiger partial charge in [0.15, 0.2) is 6.61 Å². The molecule has 2 aromatic carbocycles. The number of para-hydroxylation sites is 2. The van der Waals surface area contributed by atoms with Gasteiger partial charge in [0.1, 0.15) is 10.6 Å². The Kier molecular flexibility index (Phi) is 4.56. The first-order valence-electron chi connectivity index (χ1n) is 6.06. The second kappa shape index (κ2) is 6.38. The van der Waals surface area contributed by atoms with Gasteiger partial charge in [0.05, 0.1) is 5.69 Å². The fourth-order valence-electron chi connectivity index (χ4n) is 1.67. The van der Waals surface area contributed by atoms with E-state index in [1.807, 2.05) is 6.07 Å². The standard InChI is InChI=1S/C14H14N2O4S/c15-21(18,19)13-9-5-4-8-12(13)16-14(17)10-20-11-6-2-1-3-7-11/h1-9H,10H2,(H,16,17)(H2,15,18,19). The summed E-state index contributed by atoms with van der Waals surface area (Å²) in [7, 11) is -3.90. The van der Waals surface area contributed by atoms with Crippen LogP contribution in [0.25, 0.3) is 0 Å². The molecular weight excluding hydrogens is 292 g/mol. The third kappa shape index (κ3) is 4.30. The number of hydrogen-bond donors (Lipinski definition) is 2. The van der Waals surface area contributed by atoms with Crippen molar-refractivity contribution >= 4 is 21.6 Å². The maximum absolute atomic E-state index is 11.8. The molecule has 0 aliphatic rings. The molecule has 6 nitrogen and oxygen atoms in total. The first kappa shape index (κ1) is 15.0. The molecule has 0 spiro atoms. The topological polar surface area (TPSA) is 98.5 Å². The summed E-state index contributed by atoms with van der Waals surface area (Å²) in [6.07, 6.45) is 0. The number of amides is 1. The van der Waals surface area contributed by atoms with Gasteiger partial charge < -0.3 is 10.1 Å². The zero-order chi connectivity index (χ0) is 15.3. The number of benzene rings is 2. The van der Waals surface area contributed by atoms with Crippen LogP contribution < -0.4 is 15.2 Å². The molecule has 7 heteroatoms. The Morgan fingerprint density at radius 1 is 1.05 bits per heavy atom. The van der Waals surface area contributed by atoms with Crippen LogP contribution in [0.5, 0.6) is 5.75 Å².